The second-order valence-electron chi connectivity index (χ2n) is 4.97. The van der Waals surface area contributed by atoms with E-state index in [1.807, 2.05) is 24.3 Å². The van der Waals surface area contributed by atoms with Crippen LogP contribution in [-0.2, 0) is 22.6 Å². The summed E-state index contributed by atoms with van der Waals surface area (Å²) >= 11 is 0. The predicted octanol–water partition coefficient (Wildman–Crippen LogP) is -0.349. The Kier molecular flexibility index (Phi) is 4.36. The molecule has 0 saturated heterocycles. The second kappa shape index (κ2) is 6.02. The zero-order valence-corrected chi connectivity index (χ0v) is 11.2. The van der Waals surface area contributed by atoms with Crippen LogP contribution in [0.4, 0.5) is 0 Å². The summed E-state index contributed by atoms with van der Waals surface area (Å²) in [6.45, 7) is 1.91. The number of benzene rings is 1. The Hall–Kier alpha value is -1.92. The number of hydrogen-bond acceptors (Lipinski definition) is 4. The van der Waals surface area contributed by atoms with Crippen molar-refractivity contribution in [1.29, 1.82) is 0 Å². The van der Waals surface area contributed by atoms with Crippen LogP contribution in [0.3, 0.4) is 0 Å². The Morgan fingerprint density at radius 1 is 1.35 bits per heavy atom. The minimum Gasteiger partial charge on any atom is -0.480 e. The lowest BCUT2D eigenvalue weighted by atomic mass is 9.95. The van der Waals surface area contributed by atoms with Crippen molar-refractivity contribution in [3.63, 3.8) is 0 Å². The molecule has 1 amide bonds. The maximum atomic E-state index is 12.1. The molecule has 0 bridgehead atoms. The Balaban J connectivity index is 2.03. The standard InChI is InChI=1S/C14H18N2O4/c1-8(17)12(14(19)20)16-13(18)11-6-9-4-2-3-5-10(9)7-15-11/h2-5,8,11-12,15,17H,6-7H2,1H3,(H,16,18)(H,19,20)/t8?,11-,12?/m1/s1. The topological polar surface area (TPSA) is 98.7 Å². The number of carbonyl (C=O) groups is 2. The van der Waals surface area contributed by atoms with Crippen LogP contribution in [0.1, 0.15) is 18.1 Å². The first-order valence-corrected chi connectivity index (χ1v) is 6.50. The molecule has 0 fully saturated rings. The molecular formula is C14H18N2O4. The lowest BCUT2D eigenvalue weighted by Gasteiger charge is -2.27. The van der Waals surface area contributed by atoms with Crippen molar-refractivity contribution in [2.45, 2.75) is 38.1 Å². The maximum absolute atomic E-state index is 12.1. The number of nitrogens with one attached hydrogen (secondary N) is 2. The molecule has 1 aliphatic rings. The van der Waals surface area contributed by atoms with Gasteiger partial charge < -0.3 is 20.8 Å². The molecule has 1 aliphatic heterocycles. The van der Waals surface area contributed by atoms with Crippen molar-refractivity contribution >= 4 is 11.9 Å². The van der Waals surface area contributed by atoms with Gasteiger partial charge in [0.25, 0.3) is 0 Å². The number of aliphatic carboxylic acids is 1. The first-order chi connectivity index (χ1) is 9.49. The number of amides is 1. The normalized spacial score (nSPS) is 20.6. The highest BCUT2D eigenvalue weighted by atomic mass is 16.4. The summed E-state index contributed by atoms with van der Waals surface area (Å²) in [6, 6.07) is 6.03. The van der Waals surface area contributed by atoms with Gasteiger partial charge in [-0.15, -0.1) is 0 Å². The van der Waals surface area contributed by atoms with Crippen molar-refractivity contribution in [2.24, 2.45) is 0 Å². The Bertz CT molecular complexity index is 516. The van der Waals surface area contributed by atoms with Crippen molar-refractivity contribution < 1.29 is 19.8 Å². The van der Waals surface area contributed by atoms with E-state index in [0.717, 1.165) is 11.1 Å². The van der Waals surface area contributed by atoms with E-state index in [0.29, 0.717) is 13.0 Å². The third-order valence-corrected chi connectivity index (χ3v) is 3.44. The van der Waals surface area contributed by atoms with Crippen LogP contribution in [0.5, 0.6) is 0 Å². The number of carbonyl (C=O) groups excluding carboxylic acids is 1. The summed E-state index contributed by atoms with van der Waals surface area (Å²) in [6.07, 6.45) is -0.638. The summed E-state index contributed by atoms with van der Waals surface area (Å²) in [5.74, 6) is -1.66. The molecule has 2 rings (SSSR count). The molecule has 1 heterocycles. The number of carboxylic acids is 1. The van der Waals surface area contributed by atoms with Gasteiger partial charge in [0, 0.05) is 6.54 Å². The fourth-order valence-corrected chi connectivity index (χ4v) is 2.28. The van der Waals surface area contributed by atoms with Gasteiger partial charge >= 0.3 is 5.97 Å². The van der Waals surface area contributed by atoms with Gasteiger partial charge in [-0.2, -0.15) is 0 Å². The average Bonchev–Trinajstić information content (AvgIpc) is 2.43. The van der Waals surface area contributed by atoms with Gasteiger partial charge in [0.05, 0.1) is 12.1 Å². The van der Waals surface area contributed by atoms with Gasteiger partial charge in [-0.1, -0.05) is 24.3 Å². The first-order valence-electron chi connectivity index (χ1n) is 6.50. The first kappa shape index (κ1) is 14.5. The zero-order chi connectivity index (χ0) is 14.7. The van der Waals surface area contributed by atoms with Crippen LogP contribution in [0.2, 0.25) is 0 Å². The third kappa shape index (κ3) is 3.15. The van der Waals surface area contributed by atoms with Crippen LogP contribution in [0, 0.1) is 0 Å². The van der Waals surface area contributed by atoms with Crippen molar-refractivity contribution in [3.05, 3.63) is 35.4 Å². The molecular weight excluding hydrogens is 260 g/mol. The van der Waals surface area contributed by atoms with E-state index in [1.54, 1.807) is 0 Å². The number of rotatable bonds is 4. The molecule has 108 valence electrons. The van der Waals surface area contributed by atoms with Crippen LogP contribution in [0.25, 0.3) is 0 Å². The molecule has 0 aromatic heterocycles. The second-order valence-corrected chi connectivity index (χ2v) is 4.97. The van der Waals surface area contributed by atoms with E-state index >= 15 is 0 Å². The van der Waals surface area contributed by atoms with E-state index < -0.39 is 30.1 Å². The summed E-state index contributed by atoms with van der Waals surface area (Å²) in [5, 5.41) is 23.8. The lowest BCUT2D eigenvalue weighted by molar-refractivity contribution is -0.145. The van der Waals surface area contributed by atoms with Gasteiger partial charge in [0.15, 0.2) is 6.04 Å². The number of carboxylic acid groups (broad SMARTS) is 1. The summed E-state index contributed by atoms with van der Waals surface area (Å²) in [7, 11) is 0. The number of aliphatic hydroxyl groups excluding tert-OH is 1. The smallest absolute Gasteiger partial charge is 0.328 e. The van der Waals surface area contributed by atoms with E-state index in [1.165, 1.54) is 6.92 Å². The molecule has 0 saturated carbocycles. The maximum Gasteiger partial charge on any atom is 0.328 e. The largest absolute Gasteiger partial charge is 0.480 e. The molecule has 4 N–H and O–H groups in total. The van der Waals surface area contributed by atoms with Crippen LogP contribution in [0.15, 0.2) is 24.3 Å². The van der Waals surface area contributed by atoms with Gasteiger partial charge in [0.1, 0.15) is 0 Å². The van der Waals surface area contributed by atoms with E-state index in [4.69, 9.17) is 5.11 Å². The highest BCUT2D eigenvalue weighted by Gasteiger charge is 2.30. The van der Waals surface area contributed by atoms with Gasteiger partial charge in [-0.05, 0) is 24.5 Å². The SMILES string of the molecule is CC(O)C(NC(=O)[C@H]1Cc2ccccc2CN1)C(=O)O. The minimum absolute atomic E-state index is 0.409. The molecule has 2 unspecified atom stereocenters. The number of fused-ring (bicyclic) bond motifs is 1. The van der Waals surface area contributed by atoms with Crippen molar-refractivity contribution in [1.82, 2.24) is 10.6 Å². The Labute approximate surface area is 116 Å². The van der Waals surface area contributed by atoms with Gasteiger partial charge in [0.2, 0.25) is 5.91 Å². The van der Waals surface area contributed by atoms with Crippen molar-refractivity contribution in [3.8, 4) is 0 Å². The lowest BCUT2D eigenvalue weighted by Crippen LogP contribution is -2.55. The molecule has 0 spiro atoms. The van der Waals surface area contributed by atoms with E-state index in [-0.39, 0.29) is 0 Å². The zero-order valence-electron chi connectivity index (χ0n) is 11.2. The van der Waals surface area contributed by atoms with E-state index in [9.17, 15) is 14.7 Å². The molecule has 3 atom stereocenters. The van der Waals surface area contributed by atoms with Crippen LogP contribution in [-0.4, -0.2) is 40.3 Å². The summed E-state index contributed by atoms with van der Waals surface area (Å²) in [5.41, 5.74) is 2.22. The fraction of sp³-hybridized carbons (Fsp3) is 0.429. The Morgan fingerprint density at radius 2 is 2.00 bits per heavy atom. The molecule has 0 radical (unpaired) electrons. The summed E-state index contributed by atoms with van der Waals surface area (Å²) in [4.78, 5) is 23.0. The Morgan fingerprint density at radius 3 is 2.60 bits per heavy atom. The minimum atomic E-state index is -1.29. The number of aliphatic hydroxyl groups is 1. The molecule has 1 aromatic carbocycles. The third-order valence-electron chi connectivity index (χ3n) is 3.44. The molecule has 20 heavy (non-hydrogen) atoms. The average molecular weight is 278 g/mol. The molecule has 1 aromatic rings. The summed E-state index contributed by atoms with van der Waals surface area (Å²) < 4.78 is 0. The van der Waals surface area contributed by atoms with Crippen LogP contribution < -0.4 is 10.6 Å². The highest BCUT2D eigenvalue weighted by Crippen LogP contribution is 2.16. The molecule has 6 heteroatoms. The monoisotopic (exact) mass is 278 g/mol. The van der Waals surface area contributed by atoms with Crippen LogP contribution >= 0.6 is 0 Å². The van der Waals surface area contributed by atoms with Gasteiger partial charge in [-0.25, -0.2) is 4.79 Å². The quantitative estimate of drug-likeness (QED) is 0.603. The van der Waals surface area contributed by atoms with Gasteiger partial charge in [-0.3, -0.25) is 4.79 Å². The van der Waals surface area contributed by atoms with E-state index in [2.05, 4.69) is 10.6 Å². The molecule has 6 nitrogen and oxygen atoms in total. The van der Waals surface area contributed by atoms with Crippen molar-refractivity contribution in [2.75, 3.05) is 0 Å². The fourth-order valence-electron chi connectivity index (χ4n) is 2.28. The molecule has 0 aliphatic carbocycles. The number of hydrogen-bond donors (Lipinski definition) is 4. The highest BCUT2D eigenvalue weighted by molar-refractivity contribution is 5.87. The predicted molar refractivity (Wildman–Crippen MR) is 72.0 cm³/mol.